The highest BCUT2D eigenvalue weighted by Gasteiger charge is 2.09. The van der Waals surface area contributed by atoms with E-state index in [-0.39, 0.29) is 5.91 Å². The molecule has 0 saturated heterocycles. The van der Waals surface area contributed by atoms with E-state index in [2.05, 4.69) is 54.5 Å². The van der Waals surface area contributed by atoms with Crippen LogP contribution in [0.4, 0.5) is 5.13 Å². The Labute approximate surface area is 127 Å². The van der Waals surface area contributed by atoms with Gasteiger partial charge in [0, 0.05) is 6.92 Å². The summed E-state index contributed by atoms with van der Waals surface area (Å²) in [6, 6.07) is 12.6. The highest BCUT2D eigenvalue weighted by molar-refractivity contribution is 7.22. The number of anilines is 1. The van der Waals surface area contributed by atoms with Gasteiger partial charge in [0.25, 0.3) is 0 Å². The summed E-state index contributed by atoms with van der Waals surface area (Å²) in [5.74, 6) is -0.0935. The molecule has 1 heterocycles. The van der Waals surface area contributed by atoms with E-state index >= 15 is 0 Å². The number of hydrogen-bond acceptors (Lipinski definition) is 3. The van der Waals surface area contributed by atoms with Crippen molar-refractivity contribution in [1.29, 1.82) is 0 Å². The van der Waals surface area contributed by atoms with Crippen LogP contribution in [0.25, 0.3) is 21.3 Å². The zero-order valence-electron chi connectivity index (χ0n) is 12.2. The van der Waals surface area contributed by atoms with Crippen molar-refractivity contribution in [1.82, 2.24) is 4.98 Å². The molecule has 106 valence electrons. The number of nitrogens with one attached hydrogen (secondary N) is 1. The first kappa shape index (κ1) is 13.8. The summed E-state index contributed by atoms with van der Waals surface area (Å²) in [5, 5.41) is 3.39. The van der Waals surface area contributed by atoms with Crippen LogP contribution in [0.1, 0.15) is 18.1 Å². The van der Waals surface area contributed by atoms with Gasteiger partial charge >= 0.3 is 0 Å². The van der Waals surface area contributed by atoms with E-state index in [1.807, 2.05) is 6.07 Å². The number of benzene rings is 2. The third kappa shape index (κ3) is 2.67. The smallest absolute Gasteiger partial charge is 0.223 e. The molecule has 21 heavy (non-hydrogen) atoms. The fraction of sp³-hybridized carbons (Fsp3) is 0.176. The van der Waals surface area contributed by atoms with Crippen molar-refractivity contribution in [3.05, 3.63) is 47.5 Å². The van der Waals surface area contributed by atoms with Crippen molar-refractivity contribution in [3.63, 3.8) is 0 Å². The van der Waals surface area contributed by atoms with Crippen molar-refractivity contribution in [2.45, 2.75) is 20.8 Å². The molecule has 2 aromatic carbocycles. The molecule has 1 N–H and O–H groups in total. The molecule has 3 nitrogen and oxygen atoms in total. The van der Waals surface area contributed by atoms with E-state index < -0.39 is 0 Å². The lowest BCUT2D eigenvalue weighted by molar-refractivity contribution is -0.114. The molecule has 1 aromatic heterocycles. The summed E-state index contributed by atoms with van der Waals surface area (Å²) >= 11 is 1.50. The molecule has 3 aromatic rings. The van der Waals surface area contributed by atoms with E-state index in [1.165, 1.54) is 40.5 Å². The minimum atomic E-state index is -0.0935. The van der Waals surface area contributed by atoms with E-state index in [4.69, 9.17) is 0 Å². The second-order valence-corrected chi connectivity index (χ2v) is 6.18. The maximum absolute atomic E-state index is 11.1. The van der Waals surface area contributed by atoms with E-state index in [0.29, 0.717) is 5.13 Å². The first-order valence-corrected chi connectivity index (χ1v) is 7.61. The van der Waals surface area contributed by atoms with Crippen LogP contribution in [0, 0.1) is 13.8 Å². The van der Waals surface area contributed by atoms with Crippen LogP contribution >= 0.6 is 11.3 Å². The maximum atomic E-state index is 11.1. The quantitative estimate of drug-likeness (QED) is 0.754. The van der Waals surface area contributed by atoms with Gasteiger partial charge in [-0.25, -0.2) is 4.98 Å². The van der Waals surface area contributed by atoms with Crippen LogP contribution in [-0.2, 0) is 4.79 Å². The van der Waals surface area contributed by atoms with Crippen LogP contribution in [-0.4, -0.2) is 10.9 Å². The number of nitrogens with zero attached hydrogens (tertiary/aromatic N) is 1. The zero-order chi connectivity index (χ0) is 15.0. The summed E-state index contributed by atoms with van der Waals surface area (Å²) in [6.45, 7) is 5.75. The van der Waals surface area contributed by atoms with E-state index in [0.717, 1.165) is 10.2 Å². The van der Waals surface area contributed by atoms with Crippen LogP contribution < -0.4 is 5.32 Å². The van der Waals surface area contributed by atoms with Crippen molar-refractivity contribution >= 4 is 32.6 Å². The third-order valence-electron chi connectivity index (χ3n) is 3.44. The van der Waals surface area contributed by atoms with Crippen LogP contribution in [0.5, 0.6) is 0 Å². The van der Waals surface area contributed by atoms with Gasteiger partial charge in [0.1, 0.15) is 0 Å². The predicted octanol–water partition coefficient (Wildman–Crippen LogP) is 4.54. The lowest BCUT2D eigenvalue weighted by Crippen LogP contribution is -2.04. The Hall–Kier alpha value is -2.20. The normalized spacial score (nSPS) is 10.8. The molecule has 0 aliphatic rings. The number of fused-ring (bicyclic) bond motifs is 1. The molecule has 0 bridgehead atoms. The highest BCUT2D eigenvalue weighted by atomic mass is 32.1. The Morgan fingerprint density at radius 1 is 1.14 bits per heavy atom. The minimum absolute atomic E-state index is 0.0935. The molecule has 0 spiro atoms. The fourth-order valence-electron chi connectivity index (χ4n) is 2.55. The number of hydrogen-bond donors (Lipinski definition) is 1. The summed E-state index contributed by atoms with van der Waals surface area (Å²) < 4.78 is 1.08. The minimum Gasteiger partial charge on any atom is -0.302 e. The topological polar surface area (TPSA) is 42.0 Å². The lowest BCUT2D eigenvalue weighted by Gasteiger charge is -2.09. The van der Waals surface area contributed by atoms with Crippen LogP contribution in [0.15, 0.2) is 36.4 Å². The summed E-state index contributed by atoms with van der Waals surface area (Å²) in [6.07, 6.45) is 0. The van der Waals surface area contributed by atoms with Gasteiger partial charge in [0.05, 0.1) is 10.2 Å². The Bertz CT molecular complexity index is 816. The predicted molar refractivity (Wildman–Crippen MR) is 88.8 cm³/mol. The van der Waals surface area contributed by atoms with Crippen molar-refractivity contribution in [3.8, 4) is 11.1 Å². The third-order valence-corrected chi connectivity index (χ3v) is 4.37. The second kappa shape index (κ2) is 5.30. The second-order valence-electron chi connectivity index (χ2n) is 5.15. The molecule has 0 aliphatic carbocycles. The van der Waals surface area contributed by atoms with Gasteiger partial charge in [0.2, 0.25) is 5.91 Å². The SMILES string of the molecule is CC(=O)Nc1nc2ccc(-c3c(C)cccc3C)cc2s1. The van der Waals surface area contributed by atoms with Crippen LogP contribution in [0.2, 0.25) is 0 Å². The van der Waals surface area contributed by atoms with Gasteiger partial charge in [-0.15, -0.1) is 0 Å². The molecule has 4 heteroatoms. The molecule has 0 aliphatic heterocycles. The molecular weight excluding hydrogens is 280 g/mol. The number of rotatable bonds is 2. The Kier molecular flexibility index (Phi) is 3.47. The summed E-state index contributed by atoms with van der Waals surface area (Å²) in [4.78, 5) is 15.5. The number of amides is 1. The van der Waals surface area contributed by atoms with Gasteiger partial charge in [-0.1, -0.05) is 35.6 Å². The molecule has 0 unspecified atom stereocenters. The van der Waals surface area contributed by atoms with Crippen molar-refractivity contribution in [2.75, 3.05) is 5.32 Å². The molecule has 0 fully saturated rings. The number of carbonyl (C=O) groups is 1. The van der Waals surface area contributed by atoms with Gasteiger partial charge in [-0.2, -0.15) is 0 Å². The summed E-state index contributed by atoms with van der Waals surface area (Å²) in [5.41, 5.74) is 5.91. The van der Waals surface area contributed by atoms with Gasteiger partial charge in [0.15, 0.2) is 5.13 Å². The Balaban J connectivity index is 2.11. The monoisotopic (exact) mass is 296 g/mol. The zero-order valence-corrected chi connectivity index (χ0v) is 13.0. The molecular formula is C17H16N2OS. The standard InChI is InChI=1S/C17H16N2OS/c1-10-5-4-6-11(2)16(10)13-7-8-14-15(9-13)21-17(19-14)18-12(3)20/h4-9H,1-3H3,(H,18,19,20). The van der Waals surface area contributed by atoms with Crippen molar-refractivity contribution < 1.29 is 4.79 Å². The highest BCUT2D eigenvalue weighted by Crippen LogP contribution is 2.33. The average molecular weight is 296 g/mol. The lowest BCUT2D eigenvalue weighted by atomic mass is 9.96. The molecule has 0 atom stereocenters. The number of carbonyl (C=O) groups excluding carboxylic acids is 1. The van der Waals surface area contributed by atoms with Crippen molar-refractivity contribution in [2.24, 2.45) is 0 Å². The Morgan fingerprint density at radius 3 is 2.52 bits per heavy atom. The average Bonchev–Trinajstić information content (AvgIpc) is 2.79. The number of thiazole rings is 1. The molecule has 1 amide bonds. The van der Waals surface area contributed by atoms with Gasteiger partial charge in [-0.05, 0) is 48.2 Å². The van der Waals surface area contributed by atoms with E-state index in [9.17, 15) is 4.79 Å². The molecule has 0 radical (unpaired) electrons. The summed E-state index contributed by atoms with van der Waals surface area (Å²) in [7, 11) is 0. The number of aryl methyl sites for hydroxylation is 2. The fourth-order valence-corrected chi connectivity index (χ4v) is 3.51. The Morgan fingerprint density at radius 2 is 1.86 bits per heavy atom. The van der Waals surface area contributed by atoms with Gasteiger partial charge in [-0.3, -0.25) is 4.79 Å². The maximum Gasteiger partial charge on any atom is 0.223 e. The van der Waals surface area contributed by atoms with Gasteiger partial charge < -0.3 is 5.32 Å². The first-order chi connectivity index (χ1) is 10.0. The molecule has 0 saturated carbocycles. The number of aromatic nitrogens is 1. The largest absolute Gasteiger partial charge is 0.302 e. The first-order valence-electron chi connectivity index (χ1n) is 6.79. The van der Waals surface area contributed by atoms with Crippen LogP contribution in [0.3, 0.4) is 0 Å². The molecule has 3 rings (SSSR count). The van der Waals surface area contributed by atoms with E-state index in [1.54, 1.807) is 0 Å².